The maximum absolute atomic E-state index is 11.9. The van der Waals surface area contributed by atoms with Crippen LogP contribution in [0.3, 0.4) is 0 Å². The van der Waals surface area contributed by atoms with Gasteiger partial charge in [-0.15, -0.1) is 0 Å². The van der Waals surface area contributed by atoms with Gasteiger partial charge in [0.1, 0.15) is 5.75 Å². The van der Waals surface area contributed by atoms with Crippen LogP contribution in [-0.4, -0.2) is 23.2 Å². The lowest BCUT2D eigenvalue weighted by atomic mass is 10.1. The van der Waals surface area contributed by atoms with Gasteiger partial charge >= 0.3 is 0 Å². The van der Waals surface area contributed by atoms with Crippen LogP contribution in [-0.2, 0) is 6.54 Å². The highest BCUT2D eigenvalue weighted by molar-refractivity contribution is 5.94. The first-order valence-corrected chi connectivity index (χ1v) is 6.03. The van der Waals surface area contributed by atoms with E-state index in [-0.39, 0.29) is 23.0 Å². The molecule has 0 aliphatic carbocycles. The number of ether oxygens (including phenoxy) is 1. The van der Waals surface area contributed by atoms with Gasteiger partial charge in [0.25, 0.3) is 5.91 Å². The van der Waals surface area contributed by atoms with Crippen molar-refractivity contribution in [3.63, 3.8) is 0 Å². The second kappa shape index (κ2) is 5.97. The molecule has 2 aromatic carbocycles. The van der Waals surface area contributed by atoms with Gasteiger partial charge in [0.2, 0.25) is 0 Å². The summed E-state index contributed by atoms with van der Waals surface area (Å²) in [4.78, 5) is 11.9. The van der Waals surface area contributed by atoms with E-state index in [1.54, 1.807) is 7.11 Å². The average molecular weight is 273 g/mol. The van der Waals surface area contributed by atoms with Crippen LogP contribution in [0, 0.1) is 0 Å². The Morgan fingerprint density at radius 3 is 2.40 bits per heavy atom. The molecule has 0 aliphatic rings. The fourth-order valence-electron chi connectivity index (χ4n) is 1.69. The van der Waals surface area contributed by atoms with Crippen molar-refractivity contribution in [2.45, 2.75) is 6.54 Å². The largest absolute Gasteiger partial charge is 0.504 e. The Balaban J connectivity index is 1.98. The second-order valence-electron chi connectivity index (χ2n) is 4.23. The van der Waals surface area contributed by atoms with Crippen LogP contribution in [0.15, 0.2) is 42.5 Å². The van der Waals surface area contributed by atoms with Crippen molar-refractivity contribution in [3.8, 4) is 17.2 Å². The number of phenolic OH excluding ortho intramolecular Hbond substituents is 2. The van der Waals surface area contributed by atoms with Crippen molar-refractivity contribution in [2.75, 3.05) is 7.11 Å². The number of benzene rings is 2. The van der Waals surface area contributed by atoms with Gasteiger partial charge in [0.15, 0.2) is 11.5 Å². The molecule has 5 heteroatoms. The Morgan fingerprint density at radius 1 is 1.10 bits per heavy atom. The SMILES string of the molecule is COc1ccc(CNC(=O)c2ccc(O)c(O)c2)cc1. The molecule has 0 saturated carbocycles. The third kappa shape index (κ3) is 3.20. The molecule has 0 unspecified atom stereocenters. The molecule has 20 heavy (non-hydrogen) atoms. The zero-order chi connectivity index (χ0) is 14.5. The summed E-state index contributed by atoms with van der Waals surface area (Å²) in [6.07, 6.45) is 0. The van der Waals surface area contributed by atoms with Gasteiger partial charge in [-0.05, 0) is 35.9 Å². The van der Waals surface area contributed by atoms with Crippen molar-refractivity contribution >= 4 is 5.91 Å². The predicted octanol–water partition coefficient (Wildman–Crippen LogP) is 2.04. The van der Waals surface area contributed by atoms with E-state index in [4.69, 9.17) is 4.74 Å². The van der Waals surface area contributed by atoms with E-state index in [1.165, 1.54) is 18.2 Å². The minimum Gasteiger partial charge on any atom is -0.504 e. The number of nitrogens with one attached hydrogen (secondary N) is 1. The first kappa shape index (κ1) is 13.7. The molecule has 0 heterocycles. The van der Waals surface area contributed by atoms with Crippen molar-refractivity contribution in [1.82, 2.24) is 5.32 Å². The molecule has 0 fully saturated rings. The number of amides is 1. The summed E-state index contributed by atoms with van der Waals surface area (Å²) in [5.74, 6) is -0.140. The van der Waals surface area contributed by atoms with Crippen LogP contribution < -0.4 is 10.1 Å². The third-order valence-electron chi connectivity index (χ3n) is 2.85. The van der Waals surface area contributed by atoms with Crippen LogP contribution in [0.5, 0.6) is 17.2 Å². The van der Waals surface area contributed by atoms with Crippen LogP contribution >= 0.6 is 0 Å². The molecule has 0 spiro atoms. The van der Waals surface area contributed by atoms with Gasteiger partial charge in [-0.25, -0.2) is 0 Å². The lowest BCUT2D eigenvalue weighted by Gasteiger charge is -2.07. The van der Waals surface area contributed by atoms with Gasteiger partial charge in [-0.2, -0.15) is 0 Å². The number of carbonyl (C=O) groups excluding carboxylic acids is 1. The molecule has 0 radical (unpaired) electrons. The fraction of sp³-hybridized carbons (Fsp3) is 0.133. The zero-order valence-electron chi connectivity index (χ0n) is 11.0. The first-order valence-electron chi connectivity index (χ1n) is 6.03. The first-order chi connectivity index (χ1) is 9.60. The number of phenols is 2. The van der Waals surface area contributed by atoms with Gasteiger partial charge in [0, 0.05) is 12.1 Å². The highest BCUT2D eigenvalue weighted by Gasteiger charge is 2.08. The number of methoxy groups -OCH3 is 1. The Hall–Kier alpha value is -2.69. The monoisotopic (exact) mass is 273 g/mol. The van der Waals surface area contributed by atoms with Crippen molar-refractivity contribution in [1.29, 1.82) is 0 Å². The van der Waals surface area contributed by atoms with Gasteiger partial charge in [-0.3, -0.25) is 4.79 Å². The maximum Gasteiger partial charge on any atom is 0.251 e. The summed E-state index contributed by atoms with van der Waals surface area (Å²) < 4.78 is 5.05. The molecule has 0 aromatic heterocycles. The average Bonchev–Trinajstić information content (AvgIpc) is 2.48. The standard InChI is InChI=1S/C15H15NO4/c1-20-12-5-2-10(3-6-12)9-16-15(19)11-4-7-13(17)14(18)8-11/h2-8,17-18H,9H2,1H3,(H,16,19). The minimum atomic E-state index is -0.323. The number of rotatable bonds is 4. The number of carbonyl (C=O) groups is 1. The van der Waals surface area contributed by atoms with Crippen LogP contribution in [0.1, 0.15) is 15.9 Å². The quantitative estimate of drug-likeness (QED) is 0.745. The van der Waals surface area contributed by atoms with E-state index < -0.39 is 0 Å². The van der Waals surface area contributed by atoms with E-state index in [0.29, 0.717) is 6.54 Å². The van der Waals surface area contributed by atoms with E-state index >= 15 is 0 Å². The van der Waals surface area contributed by atoms with Gasteiger partial charge < -0.3 is 20.3 Å². The van der Waals surface area contributed by atoms with E-state index in [2.05, 4.69) is 5.32 Å². The Labute approximate surface area is 116 Å². The molecular formula is C15H15NO4. The number of aromatic hydroxyl groups is 2. The molecule has 0 saturated heterocycles. The van der Waals surface area contributed by atoms with Crippen LogP contribution in [0.4, 0.5) is 0 Å². The lowest BCUT2D eigenvalue weighted by molar-refractivity contribution is 0.0950. The highest BCUT2D eigenvalue weighted by atomic mass is 16.5. The second-order valence-corrected chi connectivity index (χ2v) is 4.23. The highest BCUT2D eigenvalue weighted by Crippen LogP contribution is 2.24. The normalized spacial score (nSPS) is 10.1. The molecule has 3 N–H and O–H groups in total. The maximum atomic E-state index is 11.9. The van der Waals surface area contributed by atoms with Crippen molar-refractivity contribution in [2.24, 2.45) is 0 Å². The Bertz CT molecular complexity index is 608. The zero-order valence-corrected chi connectivity index (χ0v) is 11.0. The molecular weight excluding hydrogens is 258 g/mol. The summed E-state index contributed by atoms with van der Waals surface area (Å²) in [6.45, 7) is 0.366. The third-order valence-corrected chi connectivity index (χ3v) is 2.85. The Kier molecular flexibility index (Phi) is 4.10. The molecule has 1 amide bonds. The van der Waals surface area contributed by atoms with E-state index in [1.807, 2.05) is 24.3 Å². The van der Waals surface area contributed by atoms with Crippen molar-refractivity contribution in [3.05, 3.63) is 53.6 Å². The van der Waals surface area contributed by atoms with Gasteiger partial charge in [0.05, 0.1) is 7.11 Å². The summed E-state index contributed by atoms with van der Waals surface area (Å²) in [6, 6.07) is 11.3. The van der Waals surface area contributed by atoms with Crippen LogP contribution in [0.25, 0.3) is 0 Å². The number of hydrogen-bond donors (Lipinski definition) is 3. The van der Waals surface area contributed by atoms with E-state index in [0.717, 1.165) is 11.3 Å². The topological polar surface area (TPSA) is 78.8 Å². The molecule has 0 bridgehead atoms. The van der Waals surface area contributed by atoms with Crippen LogP contribution in [0.2, 0.25) is 0 Å². The fourth-order valence-corrected chi connectivity index (χ4v) is 1.69. The summed E-state index contributed by atoms with van der Waals surface area (Å²) in [7, 11) is 1.59. The lowest BCUT2D eigenvalue weighted by Crippen LogP contribution is -2.22. The summed E-state index contributed by atoms with van der Waals surface area (Å²) in [5.41, 5.74) is 1.22. The minimum absolute atomic E-state index is 0.253. The molecule has 0 aliphatic heterocycles. The van der Waals surface area contributed by atoms with Crippen molar-refractivity contribution < 1.29 is 19.7 Å². The molecule has 5 nitrogen and oxygen atoms in total. The summed E-state index contributed by atoms with van der Waals surface area (Å²) in [5, 5.41) is 21.3. The molecule has 104 valence electrons. The molecule has 2 rings (SSSR count). The number of hydrogen-bond acceptors (Lipinski definition) is 4. The summed E-state index contributed by atoms with van der Waals surface area (Å²) >= 11 is 0. The Morgan fingerprint density at radius 2 is 1.80 bits per heavy atom. The van der Waals surface area contributed by atoms with Gasteiger partial charge in [-0.1, -0.05) is 12.1 Å². The molecule has 0 atom stereocenters. The predicted molar refractivity (Wildman–Crippen MR) is 73.9 cm³/mol. The smallest absolute Gasteiger partial charge is 0.251 e. The van der Waals surface area contributed by atoms with E-state index in [9.17, 15) is 15.0 Å². The molecule has 2 aromatic rings.